The Kier molecular flexibility index (Phi) is 8.50. The van der Waals surface area contributed by atoms with Gasteiger partial charge in [0.2, 0.25) is 0 Å². The topological polar surface area (TPSA) is 51.4 Å². The number of allylic oxidation sites excluding steroid dienone is 3. The monoisotopic (exact) mass is 526 g/mol. The van der Waals surface area contributed by atoms with Crippen molar-refractivity contribution in [2.75, 3.05) is 0 Å². The van der Waals surface area contributed by atoms with Gasteiger partial charge < -0.3 is 10.4 Å². The Morgan fingerprint density at radius 1 is 1.19 bits per heavy atom. The molecule has 2 aromatic carbocycles. The van der Waals surface area contributed by atoms with Gasteiger partial charge in [-0.05, 0) is 33.3 Å². The van der Waals surface area contributed by atoms with Crippen LogP contribution < -0.4 is 0 Å². The minimum atomic E-state index is -0.125. The van der Waals surface area contributed by atoms with Crippen LogP contribution in [0.2, 0.25) is 0 Å². The maximum Gasteiger partial charge on any atom is 0.155 e. The fourth-order valence-corrected chi connectivity index (χ4v) is 2.64. The average Bonchev–Trinajstić information content (AvgIpc) is 2.54. The molecule has 2 aromatic rings. The Hall–Kier alpha value is -2.16. The third kappa shape index (κ3) is 6.29. The number of carbonyl (C=O) groups is 1. The van der Waals surface area contributed by atoms with E-state index in [2.05, 4.69) is 50.3 Å². The molecule has 0 spiro atoms. The first kappa shape index (κ1) is 21.9. The average molecular weight is 526 g/mol. The zero-order valence-electron chi connectivity index (χ0n) is 15.4. The fraction of sp³-hybridized carbons (Fsp3) is 0.227. The van der Waals surface area contributed by atoms with Gasteiger partial charge in [0.25, 0.3) is 0 Å². The maximum atomic E-state index is 10.0. The molecule has 0 bridgehead atoms. The molecule has 0 aromatic heterocycles. The van der Waals surface area contributed by atoms with E-state index in [1.807, 2.05) is 18.2 Å². The smallest absolute Gasteiger partial charge is 0.155 e. The zero-order valence-corrected chi connectivity index (χ0v) is 17.8. The number of aliphatic hydroxyl groups excluding tert-OH is 1. The molecule has 0 saturated carbocycles. The number of fused-ring (bicyclic) bond motifs is 1. The minimum Gasteiger partial charge on any atom is -0.676 e. The van der Waals surface area contributed by atoms with Gasteiger partial charge in [0.1, 0.15) is 0 Å². The van der Waals surface area contributed by atoms with Crippen molar-refractivity contribution in [3.63, 3.8) is 0 Å². The molecule has 0 amide bonds. The zero-order chi connectivity index (χ0) is 18.4. The molecule has 3 nitrogen and oxygen atoms in total. The molecule has 0 aliphatic carbocycles. The van der Waals surface area contributed by atoms with E-state index in [4.69, 9.17) is 10.4 Å². The van der Waals surface area contributed by atoms with Gasteiger partial charge in [-0.25, -0.2) is 0 Å². The van der Waals surface area contributed by atoms with Crippen LogP contribution in [-0.2, 0) is 24.9 Å². The Bertz CT molecular complexity index is 806. The summed E-state index contributed by atoms with van der Waals surface area (Å²) in [4.78, 5) is 10.0. The summed E-state index contributed by atoms with van der Waals surface area (Å²) in [5.74, 6) is -0.0625. The van der Waals surface area contributed by atoms with Crippen LogP contribution in [-0.4, -0.2) is 10.9 Å². The standard InChI is InChI=1S/C17H15N.C5H8O2.Ir/c1-12-8-9-15-13(2)11-16(18-17(15)10-12)14-6-4-3-5-7-14;1-4(6)3-5(2)7;/h3-6,8-11,16H,1-2H3;3,6H,1-2H3;/q-2;;/b;4-3-;. The number of hydrogen-bond acceptors (Lipinski definition) is 2. The van der Waals surface area contributed by atoms with Crippen LogP contribution in [0.1, 0.15) is 43.5 Å². The number of aliphatic hydroxyl groups is 1. The molecule has 1 aliphatic heterocycles. The Morgan fingerprint density at radius 2 is 1.92 bits per heavy atom. The predicted octanol–water partition coefficient (Wildman–Crippen LogP) is 5.99. The second-order valence-corrected chi connectivity index (χ2v) is 6.16. The molecule has 26 heavy (non-hydrogen) atoms. The van der Waals surface area contributed by atoms with Crippen molar-refractivity contribution >= 4 is 17.0 Å². The van der Waals surface area contributed by atoms with E-state index in [0.717, 1.165) is 11.3 Å². The maximum absolute atomic E-state index is 10.0. The van der Waals surface area contributed by atoms with E-state index >= 15 is 0 Å². The number of ketones is 1. The van der Waals surface area contributed by atoms with Gasteiger partial charge in [0.05, 0.1) is 5.76 Å². The number of aryl methyl sites for hydroxylation is 1. The summed E-state index contributed by atoms with van der Waals surface area (Å²) in [6.07, 6.45) is 3.38. The predicted molar refractivity (Wildman–Crippen MR) is 103 cm³/mol. The van der Waals surface area contributed by atoms with Gasteiger partial charge in [0, 0.05) is 26.2 Å². The van der Waals surface area contributed by atoms with Gasteiger partial charge >= 0.3 is 0 Å². The summed E-state index contributed by atoms with van der Waals surface area (Å²) < 4.78 is 0. The van der Waals surface area contributed by atoms with Crippen molar-refractivity contribution in [2.45, 2.75) is 33.7 Å². The molecule has 1 atom stereocenters. The fourth-order valence-electron chi connectivity index (χ4n) is 2.64. The molecular weight excluding hydrogens is 502 g/mol. The second-order valence-electron chi connectivity index (χ2n) is 6.16. The van der Waals surface area contributed by atoms with Crippen molar-refractivity contribution < 1.29 is 30.0 Å². The van der Waals surface area contributed by atoms with Crippen molar-refractivity contribution in [3.05, 3.63) is 88.4 Å². The second kappa shape index (κ2) is 10.1. The van der Waals surface area contributed by atoms with Crippen molar-refractivity contribution in [2.24, 2.45) is 0 Å². The van der Waals surface area contributed by atoms with E-state index < -0.39 is 0 Å². The molecule has 3 rings (SSSR count). The molecule has 0 saturated heterocycles. The summed E-state index contributed by atoms with van der Waals surface area (Å²) in [6, 6.07) is 17.9. The van der Waals surface area contributed by atoms with Crippen LogP contribution >= 0.6 is 0 Å². The summed E-state index contributed by atoms with van der Waals surface area (Å²) >= 11 is 0. The van der Waals surface area contributed by atoms with Crippen LogP contribution in [0.5, 0.6) is 0 Å². The van der Waals surface area contributed by atoms with Gasteiger partial charge in [-0.2, -0.15) is 35.9 Å². The van der Waals surface area contributed by atoms with E-state index in [9.17, 15) is 4.79 Å². The molecule has 1 aliphatic rings. The summed E-state index contributed by atoms with van der Waals surface area (Å²) in [5, 5.41) is 13.2. The first-order valence-corrected chi connectivity index (χ1v) is 8.21. The third-order valence-electron chi connectivity index (χ3n) is 3.73. The minimum absolute atomic E-state index is 0. The molecule has 1 N–H and O–H groups in total. The Balaban J connectivity index is 0.000000366. The molecule has 1 unspecified atom stereocenters. The Labute approximate surface area is 169 Å². The van der Waals surface area contributed by atoms with Crippen LogP contribution in [0.15, 0.2) is 60.4 Å². The molecule has 139 valence electrons. The van der Waals surface area contributed by atoms with E-state index in [1.165, 1.54) is 36.6 Å². The summed E-state index contributed by atoms with van der Waals surface area (Å²) in [6.45, 7) is 7.10. The van der Waals surface area contributed by atoms with Gasteiger partial charge in [-0.1, -0.05) is 41.5 Å². The molecule has 1 radical (unpaired) electrons. The van der Waals surface area contributed by atoms with Crippen LogP contribution in [0.3, 0.4) is 0 Å². The normalized spacial score (nSPS) is 15.3. The summed E-state index contributed by atoms with van der Waals surface area (Å²) in [7, 11) is 0. The summed E-state index contributed by atoms with van der Waals surface area (Å²) in [5.41, 5.74) is 6.01. The number of nitrogens with zero attached hydrogens (tertiary/aromatic N) is 1. The third-order valence-corrected chi connectivity index (χ3v) is 3.73. The largest absolute Gasteiger partial charge is 0.676 e. The van der Waals surface area contributed by atoms with Crippen molar-refractivity contribution in [3.8, 4) is 0 Å². The number of hydrogen-bond donors (Lipinski definition) is 1. The molecule has 1 heterocycles. The number of benzene rings is 2. The Morgan fingerprint density at radius 3 is 2.46 bits per heavy atom. The van der Waals surface area contributed by atoms with Gasteiger partial charge in [0.15, 0.2) is 5.78 Å². The van der Waals surface area contributed by atoms with Crippen LogP contribution in [0, 0.1) is 13.0 Å². The number of rotatable bonds is 2. The molecule has 0 fully saturated rings. The first-order chi connectivity index (χ1) is 11.9. The first-order valence-electron chi connectivity index (χ1n) is 8.21. The van der Waals surface area contributed by atoms with E-state index in [-0.39, 0.29) is 37.7 Å². The van der Waals surface area contributed by atoms with E-state index in [1.54, 1.807) is 0 Å². The van der Waals surface area contributed by atoms with Crippen LogP contribution in [0.4, 0.5) is 5.69 Å². The number of carbonyl (C=O) groups excluding carboxylic acids is 1. The van der Waals surface area contributed by atoms with E-state index in [0.29, 0.717) is 0 Å². The molecule has 4 heteroatoms. The van der Waals surface area contributed by atoms with Crippen molar-refractivity contribution in [1.82, 2.24) is 0 Å². The SMILES string of the molecule is CC(=O)/C=C(/C)O.CC1=CC(c2[c-]cccc2)[N-]c2cc(C)ccc21.[Ir]. The molecular formula is C22H23IrNO2-2. The van der Waals surface area contributed by atoms with Crippen LogP contribution in [0.25, 0.3) is 10.9 Å². The quantitative estimate of drug-likeness (QED) is 0.297. The van der Waals surface area contributed by atoms with Gasteiger partial charge in [-0.3, -0.25) is 4.79 Å². The van der Waals surface area contributed by atoms with Crippen molar-refractivity contribution in [1.29, 1.82) is 0 Å². The van der Waals surface area contributed by atoms with Gasteiger partial charge in [-0.15, -0.1) is 5.69 Å².